The van der Waals surface area contributed by atoms with E-state index in [2.05, 4.69) is 4.98 Å². The predicted octanol–water partition coefficient (Wildman–Crippen LogP) is 1.13. The summed E-state index contributed by atoms with van der Waals surface area (Å²) in [5.74, 6) is 0.180. The van der Waals surface area contributed by atoms with Crippen LogP contribution in [0.2, 0.25) is 0 Å². The highest BCUT2D eigenvalue weighted by Gasteiger charge is 2.03. The van der Waals surface area contributed by atoms with E-state index in [4.69, 9.17) is 10.8 Å². The molecule has 56 valence electrons. The van der Waals surface area contributed by atoms with E-state index in [-0.39, 0.29) is 11.9 Å². The van der Waals surface area contributed by atoms with Crippen LogP contribution in [0.3, 0.4) is 0 Å². The van der Waals surface area contributed by atoms with Crippen molar-refractivity contribution < 1.29 is 5.11 Å². The molecule has 0 unspecified atom stereocenters. The van der Waals surface area contributed by atoms with E-state index in [1.807, 2.05) is 6.92 Å². The van der Waals surface area contributed by atoms with Crippen molar-refractivity contribution in [1.29, 1.82) is 0 Å². The molecule has 0 spiro atoms. The normalized spacial score (nSPS) is 13.4. The van der Waals surface area contributed by atoms with Crippen LogP contribution in [0.1, 0.15) is 25.1 Å². The molecule has 0 saturated heterocycles. The molecule has 0 fully saturated rings. The highest BCUT2D eigenvalue weighted by Crippen LogP contribution is 2.15. The van der Waals surface area contributed by atoms with Crippen LogP contribution in [0, 0.1) is 0 Å². The molecule has 1 heterocycles. The molecule has 0 radical (unpaired) electrons. The summed E-state index contributed by atoms with van der Waals surface area (Å²) in [6.07, 6.45) is 0.875. The lowest BCUT2D eigenvalue weighted by Gasteiger charge is -2.03. The molecular weight excluding hydrogens is 128 g/mol. The van der Waals surface area contributed by atoms with Gasteiger partial charge >= 0.3 is 0 Å². The molecule has 1 aromatic rings. The Morgan fingerprint density at radius 3 is 2.80 bits per heavy atom. The lowest BCUT2D eigenvalue weighted by molar-refractivity contribution is 0.454. The summed E-state index contributed by atoms with van der Waals surface area (Å²) in [6.45, 7) is 2.00. The Labute approximate surface area is 59.9 Å². The summed E-state index contributed by atoms with van der Waals surface area (Å²) in [5.41, 5.74) is 6.55. The van der Waals surface area contributed by atoms with E-state index in [0.29, 0.717) is 0 Å². The number of nitrogens with two attached hydrogens (primary N) is 1. The molecule has 0 bridgehead atoms. The number of aromatic nitrogens is 1. The second-order valence-corrected chi connectivity index (χ2v) is 2.31. The predicted molar refractivity (Wildman–Crippen MR) is 39.7 cm³/mol. The molecule has 0 aromatic carbocycles. The molecule has 3 heteroatoms. The molecule has 10 heavy (non-hydrogen) atoms. The van der Waals surface area contributed by atoms with Crippen LogP contribution < -0.4 is 5.73 Å². The zero-order chi connectivity index (χ0) is 7.56. The summed E-state index contributed by atoms with van der Waals surface area (Å²) in [4.78, 5) is 2.76. The molecule has 1 aromatic heterocycles. The van der Waals surface area contributed by atoms with Gasteiger partial charge < -0.3 is 15.8 Å². The van der Waals surface area contributed by atoms with Crippen LogP contribution in [0.15, 0.2) is 12.1 Å². The molecular formula is C7H12N2O. The first-order chi connectivity index (χ1) is 4.74. The Kier molecular flexibility index (Phi) is 1.97. The Morgan fingerprint density at radius 1 is 1.70 bits per heavy atom. The van der Waals surface area contributed by atoms with Gasteiger partial charge in [0.25, 0.3) is 0 Å². The lowest BCUT2D eigenvalue weighted by atomic mass is 10.2. The Bertz CT molecular complexity index is 207. The van der Waals surface area contributed by atoms with E-state index < -0.39 is 0 Å². The maximum atomic E-state index is 8.89. The summed E-state index contributed by atoms with van der Waals surface area (Å²) < 4.78 is 0. The van der Waals surface area contributed by atoms with Crippen molar-refractivity contribution in [3.05, 3.63) is 17.8 Å². The molecule has 1 rings (SSSR count). The van der Waals surface area contributed by atoms with Crippen LogP contribution in [0.4, 0.5) is 0 Å². The van der Waals surface area contributed by atoms with E-state index in [0.717, 1.165) is 12.1 Å². The smallest absolute Gasteiger partial charge is 0.188 e. The largest absolute Gasteiger partial charge is 0.495 e. The number of rotatable bonds is 2. The highest BCUT2D eigenvalue weighted by atomic mass is 16.3. The van der Waals surface area contributed by atoms with E-state index in [1.54, 1.807) is 12.1 Å². The Balaban J connectivity index is 2.74. The van der Waals surface area contributed by atoms with Gasteiger partial charge in [-0.1, -0.05) is 6.92 Å². The summed E-state index contributed by atoms with van der Waals surface area (Å²) in [7, 11) is 0. The standard InChI is InChI=1S/C7H12N2O/c1-2-5(8)6-3-4-7(10)9-6/h3-5,9-10H,2,8H2,1H3/t5-/m0/s1. The summed E-state index contributed by atoms with van der Waals surface area (Å²) in [6, 6.07) is 3.41. The Hall–Kier alpha value is -0.960. The fourth-order valence-electron chi connectivity index (χ4n) is 0.836. The number of aromatic amines is 1. The minimum absolute atomic E-state index is 0.0147. The number of hydrogen-bond donors (Lipinski definition) is 3. The third-order valence-electron chi connectivity index (χ3n) is 1.53. The van der Waals surface area contributed by atoms with Crippen LogP contribution in [-0.4, -0.2) is 10.1 Å². The molecule has 1 atom stereocenters. The van der Waals surface area contributed by atoms with Crippen LogP contribution >= 0.6 is 0 Å². The lowest BCUT2D eigenvalue weighted by Crippen LogP contribution is -2.08. The van der Waals surface area contributed by atoms with Gasteiger partial charge in [0.2, 0.25) is 0 Å². The number of hydrogen-bond acceptors (Lipinski definition) is 2. The first-order valence-electron chi connectivity index (χ1n) is 3.37. The van der Waals surface area contributed by atoms with Gasteiger partial charge in [0.1, 0.15) is 0 Å². The second kappa shape index (κ2) is 2.75. The van der Waals surface area contributed by atoms with Gasteiger partial charge in [-0.2, -0.15) is 0 Å². The van der Waals surface area contributed by atoms with E-state index >= 15 is 0 Å². The minimum Gasteiger partial charge on any atom is -0.495 e. The van der Waals surface area contributed by atoms with Gasteiger partial charge in [-0.15, -0.1) is 0 Å². The van der Waals surface area contributed by atoms with Gasteiger partial charge in [0.15, 0.2) is 5.88 Å². The van der Waals surface area contributed by atoms with Crippen molar-refractivity contribution in [2.45, 2.75) is 19.4 Å². The average Bonchev–Trinajstić information content (AvgIpc) is 2.34. The third-order valence-corrected chi connectivity index (χ3v) is 1.53. The highest BCUT2D eigenvalue weighted by molar-refractivity contribution is 5.18. The van der Waals surface area contributed by atoms with Crippen LogP contribution in [-0.2, 0) is 0 Å². The maximum absolute atomic E-state index is 8.89. The molecule has 0 amide bonds. The number of aromatic hydroxyl groups is 1. The van der Waals surface area contributed by atoms with Gasteiger partial charge in [0.05, 0.1) is 0 Å². The molecule has 4 N–H and O–H groups in total. The van der Waals surface area contributed by atoms with Crippen LogP contribution in [0.5, 0.6) is 5.88 Å². The molecule has 0 aliphatic heterocycles. The maximum Gasteiger partial charge on any atom is 0.188 e. The fraction of sp³-hybridized carbons (Fsp3) is 0.429. The zero-order valence-corrected chi connectivity index (χ0v) is 5.96. The molecule has 0 aliphatic carbocycles. The monoisotopic (exact) mass is 140 g/mol. The summed E-state index contributed by atoms with van der Waals surface area (Å²) >= 11 is 0. The van der Waals surface area contributed by atoms with Gasteiger partial charge in [0, 0.05) is 11.7 Å². The number of nitrogens with one attached hydrogen (secondary N) is 1. The van der Waals surface area contributed by atoms with Crippen molar-refractivity contribution >= 4 is 0 Å². The second-order valence-electron chi connectivity index (χ2n) is 2.31. The third kappa shape index (κ3) is 1.30. The van der Waals surface area contributed by atoms with Crippen molar-refractivity contribution in [2.75, 3.05) is 0 Å². The molecule has 0 saturated carbocycles. The number of H-pyrrole nitrogens is 1. The average molecular weight is 140 g/mol. The Morgan fingerprint density at radius 2 is 2.40 bits per heavy atom. The van der Waals surface area contributed by atoms with Crippen molar-refractivity contribution in [1.82, 2.24) is 4.98 Å². The molecule has 3 nitrogen and oxygen atoms in total. The SMILES string of the molecule is CC[C@H](N)c1ccc(O)[nH]1. The van der Waals surface area contributed by atoms with E-state index in [9.17, 15) is 0 Å². The first kappa shape index (κ1) is 7.15. The molecule has 0 aliphatic rings. The quantitative estimate of drug-likeness (QED) is 0.576. The van der Waals surface area contributed by atoms with Crippen molar-refractivity contribution in [3.63, 3.8) is 0 Å². The first-order valence-corrected chi connectivity index (χ1v) is 3.37. The van der Waals surface area contributed by atoms with Crippen molar-refractivity contribution in [3.8, 4) is 5.88 Å². The van der Waals surface area contributed by atoms with Gasteiger partial charge in [-0.3, -0.25) is 0 Å². The van der Waals surface area contributed by atoms with E-state index in [1.165, 1.54) is 0 Å². The van der Waals surface area contributed by atoms with Crippen LogP contribution in [0.25, 0.3) is 0 Å². The minimum atomic E-state index is 0.0147. The van der Waals surface area contributed by atoms with Gasteiger partial charge in [-0.25, -0.2) is 0 Å². The topological polar surface area (TPSA) is 62.0 Å². The fourth-order valence-corrected chi connectivity index (χ4v) is 0.836. The van der Waals surface area contributed by atoms with Gasteiger partial charge in [-0.05, 0) is 18.6 Å². The zero-order valence-electron chi connectivity index (χ0n) is 5.96. The summed E-state index contributed by atoms with van der Waals surface area (Å²) in [5, 5.41) is 8.89. The van der Waals surface area contributed by atoms with Crippen molar-refractivity contribution in [2.24, 2.45) is 5.73 Å².